The number of amides is 13. The number of hydrogen-bond acceptors (Lipinski definition) is 22. The maximum absolute atomic E-state index is 14.4. The number of ether oxygens (including phenoxy) is 6. The SMILES string of the molecule is C#CCOC(=O)NCCCCC[C@H](NC(=O)[C@H](CCCN=C(N)N)NC(=O)CCOCCNC(=O)[C@H](CCCCNC(=O)OCC#C)NC(=O)CCC(C)(C)OCCC(C)(C)CC(=O)CN1C(=O)C=CC1=O)C(=O)NC(C)(C)CCOC(C)(C)CCC(=O)N[C@@H](CCCN=C(N)N)C(=O)NCCOCCC(=O)NCC(N)=O. The number of carbonyl (C=O) groups excluding carboxylic acids is 14. The van der Waals surface area contributed by atoms with Gasteiger partial charge in [-0.25, -0.2) is 9.59 Å². The van der Waals surface area contributed by atoms with Crippen molar-refractivity contribution in [3.63, 3.8) is 0 Å². The van der Waals surface area contributed by atoms with Crippen LogP contribution in [0.1, 0.15) is 184 Å². The van der Waals surface area contributed by atoms with Gasteiger partial charge in [0.05, 0.1) is 50.7 Å². The predicted octanol–water partition coefficient (Wildman–Crippen LogP) is -1.13. The van der Waals surface area contributed by atoms with Gasteiger partial charge in [0.2, 0.25) is 53.2 Å². The molecule has 0 saturated heterocycles. The Kier molecular flexibility index (Phi) is 49.3. The number of imide groups is 1. The number of nitrogens with zero attached hydrogens (tertiary/aromatic N) is 3. The summed E-state index contributed by atoms with van der Waals surface area (Å²) >= 11 is 0. The second-order valence-electron chi connectivity index (χ2n) is 29.2. The molecule has 0 unspecified atom stereocenters. The Hall–Kier alpha value is -10.2. The van der Waals surface area contributed by atoms with Crippen LogP contribution in [0, 0.1) is 30.1 Å². The minimum absolute atomic E-state index is 0.0173. The van der Waals surface area contributed by atoms with Crippen molar-refractivity contribution in [2.75, 3.05) is 105 Å². The lowest BCUT2D eigenvalue weighted by molar-refractivity contribution is -0.141. The zero-order valence-electron chi connectivity index (χ0n) is 66.5. The van der Waals surface area contributed by atoms with Gasteiger partial charge in [0, 0.05) is 102 Å². The molecule has 38 nitrogen and oxygen atoms in total. The quantitative estimate of drug-likeness (QED) is 0.0113. The standard InChI is InChI=1S/C74H124N18O20/c1-11-40-109-69(105)84-34-16-13-14-20-55(66(104)91-72(5,6)33-45-112-74(9,10)31-27-59(97)88-53(22-18-36-82-67(76)77)64(102)81-38-46-107-42-28-57(95)86-49-56(75)94)90-65(103)54(23-19-37-83-68(78)79)89-60(98)29-43-108-47-39-80-63(101)52(21-15-17-35-85-70(106)110-41-12-2)87-58(96)26-30-73(7,8)111-44-32-71(3,4)48-51(93)50-92-61(99)24-25-62(92)100/h1-2,24-25,52-55H,13-23,26-50H2,3-10H3,(H2,75,94)(H,80,101)(H,81,102)(H,84,105)(H,85,106)(H,86,95)(H,87,96)(H,88,97)(H,89,98)(H,90,103)(H,91,104)(H4,76,77,82)(H4,78,79,83)/t52-,53-,54-,55-/m0/s1. The lowest BCUT2D eigenvalue weighted by Crippen LogP contribution is -2.57. The third kappa shape index (κ3) is 50.6. The van der Waals surface area contributed by atoms with Crippen LogP contribution < -0.4 is 81.8 Å². The monoisotopic (exact) mass is 1580 g/mol. The van der Waals surface area contributed by atoms with Gasteiger partial charge in [-0.05, 0) is 130 Å². The van der Waals surface area contributed by atoms with E-state index in [-0.39, 0.29) is 206 Å². The third-order valence-electron chi connectivity index (χ3n) is 16.9. The molecule has 0 saturated carbocycles. The van der Waals surface area contributed by atoms with Crippen molar-refractivity contribution >= 4 is 94.9 Å². The Morgan fingerprint density at radius 2 is 0.884 bits per heavy atom. The first kappa shape index (κ1) is 99.8. The number of ketones is 1. The van der Waals surface area contributed by atoms with Gasteiger partial charge in [-0.2, -0.15) is 0 Å². The zero-order valence-corrected chi connectivity index (χ0v) is 66.5. The van der Waals surface area contributed by atoms with Crippen LogP contribution >= 0.6 is 0 Å². The Bertz CT molecular complexity index is 3210. The molecule has 1 heterocycles. The molecular formula is C74H124N18O20. The van der Waals surface area contributed by atoms with E-state index in [2.05, 4.69) is 75.0 Å². The minimum Gasteiger partial charge on any atom is -0.436 e. The Morgan fingerprint density at radius 3 is 1.35 bits per heavy atom. The molecule has 1 rings (SSSR count). The smallest absolute Gasteiger partial charge is 0.408 e. The fourth-order valence-electron chi connectivity index (χ4n) is 10.6. The van der Waals surface area contributed by atoms with Crippen LogP contribution in [0.3, 0.4) is 0 Å². The summed E-state index contributed by atoms with van der Waals surface area (Å²) in [4.78, 5) is 188. The van der Waals surface area contributed by atoms with E-state index in [1.165, 1.54) is 0 Å². The van der Waals surface area contributed by atoms with E-state index in [1.807, 2.05) is 27.7 Å². The van der Waals surface area contributed by atoms with Gasteiger partial charge in [0.1, 0.15) is 24.2 Å². The Balaban J connectivity index is 3.10. The number of hydrogen-bond donors (Lipinski definition) is 15. The van der Waals surface area contributed by atoms with Crippen LogP contribution in [-0.4, -0.2) is 246 Å². The number of alkyl carbamates (subject to hydrolysis) is 2. The molecule has 20 N–H and O–H groups in total. The van der Waals surface area contributed by atoms with Crippen LogP contribution in [0.25, 0.3) is 0 Å². The first-order valence-electron chi connectivity index (χ1n) is 37.7. The summed E-state index contributed by atoms with van der Waals surface area (Å²) in [5, 5.41) is 27.1. The molecule has 13 amide bonds. The van der Waals surface area contributed by atoms with Gasteiger partial charge in [0.25, 0.3) is 11.8 Å². The van der Waals surface area contributed by atoms with E-state index in [0.717, 1.165) is 17.1 Å². The van der Waals surface area contributed by atoms with Gasteiger partial charge in [0.15, 0.2) is 30.9 Å². The highest BCUT2D eigenvalue weighted by molar-refractivity contribution is 6.14. The van der Waals surface area contributed by atoms with Gasteiger partial charge in [-0.3, -0.25) is 72.4 Å². The molecule has 4 atom stereocenters. The molecule has 630 valence electrons. The topological polar surface area (TPSA) is 573 Å². The largest absolute Gasteiger partial charge is 0.436 e. The third-order valence-corrected chi connectivity index (χ3v) is 16.9. The summed E-state index contributed by atoms with van der Waals surface area (Å²) in [6, 6.07) is -4.30. The second-order valence-corrected chi connectivity index (χ2v) is 29.2. The maximum atomic E-state index is 14.4. The summed E-state index contributed by atoms with van der Waals surface area (Å²) < 4.78 is 33.2. The molecule has 0 aromatic heterocycles. The van der Waals surface area contributed by atoms with Gasteiger partial charge >= 0.3 is 12.2 Å². The number of carbonyl (C=O) groups is 14. The molecule has 0 radical (unpaired) electrons. The van der Waals surface area contributed by atoms with Crippen molar-refractivity contribution in [2.24, 2.45) is 44.1 Å². The van der Waals surface area contributed by atoms with E-state index in [0.29, 0.717) is 44.9 Å². The molecule has 0 aliphatic carbocycles. The molecule has 1 aliphatic heterocycles. The van der Waals surface area contributed by atoms with E-state index < -0.39 is 123 Å². The first-order chi connectivity index (χ1) is 52.8. The highest BCUT2D eigenvalue weighted by Crippen LogP contribution is 2.28. The maximum Gasteiger partial charge on any atom is 0.408 e. The van der Waals surface area contributed by atoms with E-state index in [1.54, 1.807) is 27.7 Å². The van der Waals surface area contributed by atoms with E-state index >= 15 is 0 Å². The molecule has 0 fully saturated rings. The second kappa shape index (κ2) is 55.3. The number of nitrogens with one attached hydrogen (secondary N) is 10. The van der Waals surface area contributed by atoms with Gasteiger partial charge < -0.3 is 110 Å². The van der Waals surface area contributed by atoms with Gasteiger partial charge in [-0.15, -0.1) is 12.8 Å². The van der Waals surface area contributed by atoms with Crippen LogP contribution in [0.4, 0.5) is 9.59 Å². The fraction of sp³-hybridized carbons (Fsp3) is 0.703. The van der Waals surface area contributed by atoms with E-state index in [9.17, 15) is 67.1 Å². The Morgan fingerprint density at radius 1 is 0.464 bits per heavy atom. The van der Waals surface area contributed by atoms with Crippen LogP contribution in [0.15, 0.2) is 22.1 Å². The summed E-state index contributed by atoms with van der Waals surface area (Å²) in [7, 11) is 0. The number of rotatable bonds is 62. The molecule has 0 spiro atoms. The summed E-state index contributed by atoms with van der Waals surface area (Å²) in [6.45, 7) is 14.4. The fourth-order valence-corrected chi connectivity index (χ4v) is 10.6. The minimum atomic E-state index is -1.19. The predicted molar refractivity (Wildman–Crippen MR) is 415 cm³/mol. The average molecular weight is 1590 g/mol. The van der Waals surface area contributed by atoms with Crippen molar-refractivity contribution in [2.45, 2.75) is 225 Å². The van der Waals surface area contributed by atoms with Crippen LogP contribution in [-0.2, 0) is 86.0 Å². The van der Waals surface area contributed by atoms with Crippen LogP contribution in [0.2, 0.25) is 0 Å². The lowest BCUT2D eigenvalue weighted by atomic mass is 9.84. The number of Topliss-reactive ketones (excluding diaryl/α,β-unsaturated/α-hetero) is 1. The highest BCUT2D eigenvalue weighted by Gasteiger charge is 2.34. The molecule has 0 aromatic rings. The molecule has 0 bridgehead atoms. The molecule has 1 aliphatic rings. The van der Waals surface area contributed by atoms with Crippen molar-refractivity contribution in [1.29, 1.82) is 0 Å². The Labute approximate surface area is 656 Å². The molecule has 0 aromatic carbocycles. The lowest BCUT2D eigenvalue weighted by Gasteiger charge is -2.32. The van der Waals surface area contributed by atoms with Gasteiger partial charge in [-0.1, -0.05) is 38.5 Å². The zero-order chi connectivity index (χ0) is 84.1. The normalized spacial score (nSPS) is 13.1. The number of guanidine groups is 2. The van der Waals surface area contributed by atoms with E-state index in [4.69, 9.17) is 69.9 Å². The first-order valence-corrected chi connectivity index (χ1v) is 37.7. The van der Waals surface area contributed by atoms with Crippen molar-refractivity contribution < 1.29 is 95.5 Å². The van der Waals surface area contributed by atoms with Crippen LogP contribution in [0.5, 0.6) is 0 Å². The van der Waals surface area contributed by atoms with Crippen molar-refractivity contribution in [3.05, 3.63) is 12.2 Å². The van der Waals surface area contributed by atoms with Crippen molar-refractivity contribution in [1.82, 2.24) is 58.1 Å². The number of nitrogens with two attached hydrogens (primary N) is 5. The average Bonchev–Trinajstić information content (AvgIpc) is 1.68. The summed E-state index contributed by atoms with van der Waals surface area (Å²) in [6.07, 6.45) is 15.4. The van der Waals surface area contributed by atoms with Crippen molar-refractivity contribution in [3.8, 4) is 24.7 Å². The number of unbranched alkanes of at least 4 members (excludes halogenated alkanes) is 3. The number of aliphatic imine (C=N–C) groups is 2. The summed E-state index contributed by atoms with van der Waals surface area (Å²) in [5.41, 5.74) is 24.0. The number of primary amides is 1. The summed E-state index contributed by atoms with van der Waals surface area (Å²) in [5.74, 6) is -2.12. The molecule has 38 heteroatoms. The highest BCUT2D eigenvalue weighted by atomic mass is 16.6. The molecule has 112 heavy (non-hydrogen) atoms. The molecular weight excluding hydrogens is 1460 g/mol. The number of terminal acetylenes is 2.